The molecule has 20 heavy (non-hydrogen) atoms. The molecule has 0 aliphatic heterocycles. The summed E-state index contributed by atoms with van der Waals surface area (Å²) in [5.74, 6) is 0.123. The number of non-ortho nitro benzene ring substituents is 1. The molecule has 1 N–H and O–H groups in total. The Hall–Kier alpha value is -2.17. The van der Waals surface area contributed by atoms with Gasteiger partial charge in [-0.1, -0.05) is 30.3 Å². The average Bonchev–Trinajstić information content (AvgIpc) is 2.39. The minimum absolute atomic E-state index is 0.104. The molecule has 7 heteroatoms. The smallest absolute Gasteiger partial charge is 0.380 e. The zero-order valence-corrected chi connectivity index (χ0v) is 11.3. The lowest BCUT2D eigenvalue weighted by molar-refractivity contribution is -0.384. The van der Waals surface area contributed by atoms with Gasteiger partial charge < -0.3 is 9.42 Å². The minimum Gasteiger partial charge on any atom is -0.424 e. The maximum absolute atomic E-state index is 12.0. The lowest BCUT2D eigenvalue weighted by atomic mass is 10.2. The van der Waals surface area contributed by atoms with E-state index in [0.29, 0.717) is 5.56 Å². The van der Waals surface area contributed by atoms with E-state index in [9.17, 15) is 19.6 Å². The molecule has 0 aromatic heterocycles. The van der Waals surface area contributed by atoms with Gasteiger partial charge in [0.05, 0.1) is 11.1 Å². The van der Waals surface area contributed by atoms with E-state index in [4.69, 9.17) is 4.52 Å². The Morgan fingerprint density at radius 1 is 1.10 bits per heavy atom. The standard InChI is InChI=1S/C13H12NO5P/c15-14(16)12-6-8-13(9-7-12)19-20(17,18)10-11-4-2-1-3-5-11/h1-9H,10H2,(H,17,18). The summed E-state index contributed by atoms with van der Waals surface area (Å²) < 4.78 is 17.0. The van der Waals surface area contributed by atoms with Gasteiger partial charge in [0.15, 0.2) is 0 Å². The molecule has 0 fully saturated rings. The first-order valence-corrected chi connectivity index (χ1v) is 7.52. The normalized spacial score (nSPS) is 13.4. The van der Waals surface area contributed by atoms with Crippen molar-refractivity contribution in [3.05, 3.63) is 70.3 Å². The lowest BCUT2D eigenvalue weighted by Gasteiger charge is -2.13. The predicted molar refractivity (Wildman–Crippen MR) is 73.7 cm³/mol. The molecule has 104 valence electrons. The molecule has 2 aromatic rings. The maximum Gasteiger partial charge on any atom is 0.380 e. The van der Waals surface area contributed by atoms with Crippen molar-refractivity contribution in [2.45, 2.75) is 6.16 Å². The van der Waals surface area contributed by atoms with Crippen molar-refractivity contribution in [3.63, 3.8) is 0 Å². The summed E-state index contributed by atoms with van der Waals surface area (Å²) in [6.45, 7) is 0. The van der Waals surface area contributed by atoms with Gasteiger partial charge in [-0.25, -0.2) is 4.57 Å². The van der Waals surface area contributed by atoms with Crippen LogP contribution in [0.3, 0.4) is 0 Å². The third kappa shape index (κ3) is 3.91. The van der Waals surface area contributed by atoms with E-state index < -0.39 is 12.5 Å². The summed E-state index contributed by atoms with van der Waals surface area (Å²) in [7, 11) is -3.85. The zero-order chi connectivity index (χ0) is 14.6. The molecular formula is C13H12NO5P. The van der Waals surface area contributed by atoms with E-state index in [2.05, 4.69) is 0 Å². The quantitative estimate of drug-likeness (QED) is 0.518. The molecule has 0 bridgehead atoms. The highest BCUT2D eigenvalue weighted by Crippen LogP contribution is 2.46. The van der Waals surface area contributed by atoms with E-state index in [0.717, 1.165) is 0 Å². The molecule has 1 atom stereocenters. The molecule has 2 aromatic carbocycles. The summed E-state index contributed by atoms with van der Waals surface area (Å²) >= 11 is 0. The first-order chi connectivity index (χ1) is 9.46. The second-order valence-electron chi connectivity index (χ2n) is 4.12. The molecule has 0 aliphatic rings. The van der Waals surface area contributed by atoms with Crippen molar-refractivity contribution in [2.24, 2.45) is 0 Å². The van der Waals surface area contributed by atoms with Crippen LogP contribution in [-0.2, 0) is 10.7 Å². The highest BCUT2D eigenvalue weighted by atomic mass is 31.2. The Balaban J connectivity index is 2.08. The van der Waals surface area contributed by atoms with Gasteiger partial charge in [0, 0.05) is 12.1 Å². The van der Waals surface area contributed by atoms with Gasteiger partial charge in [0.2, 0.25) is 0 Å². The fourth-order valence-corrected chi connectivity index (χ4v) is 2.83. The van der Waals surface area contributed by atoms with Gasteiger partial charge in [0.25, 0.3) is 5.69 Å². The minimum atomic E-state index is -3.85. The Labute approximate surface area is 115 Å². The van der Waals surface area contributed by atoms with Crippen LogP contribution in [0.4, 0.5) is 5.69 Å². The number of rotatable bonds is 5. The van der Waals surface area contributed by atoms with Gasteiger partial charge in [-0.3, -0.25) is 10.1 Å². The molecule has 0 saturated carbocycles. The Morgan fingerprint density at radius 3 is 2.25 bits per heavy atom. The number of nitrogens with zero attached hydrogens (tertiary/aromatic N) is 1. The molecular weight excluding hydrogens is 281 g/mol. The number of hydrogen-bond acceptors (Lipinski definition) is 4. The molecule has 0 saturated heterocycles. The number of hydrogen-bond donors (Lipinski definition) is 1. The van der Waals surface area contributed by atoms with Gasteiger partial charge in [-0.2, -0.15) is 0 Å². The Morgan fingerprint density at radius 2 is 1.70 bits per heavy atom. The Kier molecular flexibility index (Phi) is 4.17. The van der Waals surface area contributed by atoms with Gasteiger partial charge >= 0.3 is 7.60 Å². The van der Waals surface area contributed by atoms with Gasteiger partial charge in [-0.05, 0) is 17.7 Å². The van der Waals surface area contributed by atoms with Crippen LogP contribution in [0.1, 0.15) is 5.56 Å². The number of nitro benzene ring substituents is 1. The SMILES string of the molecule is O=[N+]([O-])c1ccc(OP(=O)(O)Cc2ccccc2)cc1. The second kappa shape index (κ2) is 5.86. The summed E-state index contributed by atoms with van der Waals surface area (Å²) in [6.07, 6.45) is -0.120. The van der Waals surface area contributed by atoms with Crippen molar-refractivity contribution in [1.29, 1.82) is 0 Å². The van der Waals surface area contributed by atoms with Crippen molar-refractivity contribution in [1.82, 2.24) is 0 Å². The van der Waals surface area contributed by atoms with Crippen LogP contribution in [0.2, 0.25) is 0 Å². The topological polar surface area (TPSA) is 89.7 Å². The van der Waals surface area contributed by atoms with Crippen LogP contribution < -0.4 is 4.52 Å². The Bertz CT molecular complexity index is 642. The van der Waals surface area contributed by atoms with Crippen LogP contribution >= 0.6 is 7.60 Å². The van der Waals surface area contributed by atoms with Crippen LogP contribution in [0.5, 0.6) is 5.75 Å². The van der Waals surface area contributed by atoms with E-state index in [1.54, 1.807) is 24.3 Å². The number of benzene rings is 2. The summed E-state index contributed by atoms with van der Waals surface area (Å²) in [4.78, 5) is 19.7. The monoisotopic (exact) mass is 293 g/mol. The van der Waals surface area contributed by atoms with E-state index >= 15 is 0 Å². The second-order valence-corrected chi connectivity index (χ2v) is 5.90. The van der Waals surface area contributed by atoms with Crippen LogP contribution in [-0.4, -0.2) is 9.82 Å². The largest absolute Gasteiger partial charge is 0.424 e. The van der Waals surface area contributed by atoms with Crippen molar-refractivity contribution in [3.8, 4) is 5.75 Å². The molecule has 0 heterocycles. The van der Waals surface area contributed by atoms with Crippen LogP contribution in [0, 0.1) is 10.1 Å². The molecule has 1 unspecified atom stereocenters. The lowest BCUT2D eigenvalue weighted by Crippen LogP contribution is -1.96. The van der Waals surface area contributed by atoms with Crippen LogP contribution in [0.15, 0.2) is 54.6 Å². The maximum atomic E-state index is 12.0. The summed E-state index contributed by atoms with van der Waals surface area (Å²) in [5.41, 5.74) is 0.577. The molecule has 6 nitrogen and oxygen atoms in total. The van der Waals surface area contributed by atoms with Crippen molar-refractivity contribution < 1.29 is 18.9 Å². The molecule has 0 radical (unpaired) electrons. The van der Waals surface area contributed by atoms with Gasteiger partial charge in [0.1, 0.15) is 5.75 Å². The zero-order valence-electron chi connectivity index (χ0n) is 10.4. The highest BCUT2D eigenvalue weighted by molar-refractivity contribution is 7.52. The number of nitro groups is 1. The first kappa shape index (κ1) is 14.2. The molecule has 0 aliphatic carbocycles. The van der Waals surface area contributed by atoms with Crippen LogP contribution in [0.25, 0.3) is 0 Å². The third-order valence-corrected chi connectivity index (χ3v) is 3.78. The van der Waals surface area contributed by atoms with Crippen molar-refractivity contribution >= 4 is 13.3 Å². The van der Waals surface area contributed by atoms with Crippen molar-refractivity contribution in [2.75, 3.05) is 0 Å². The predicted octanol–water partition coefficient (Wildman–Crippen LogP) is 3.36. The third-order valence-electron chi connectivity index (χ3n) is 2.52. The highest BCUT2D eigenvalue weighted by Gasteiger charge is 2.22. The molecule has 0 amide bonds. The molecule has 0 spiro atoms. The van der Waals surface area contributed by atoms with E-state index in [1.807, 2.05) is 6.07 Å². The van der Waals surface area contributed by atoms with E-state index in [-0.39, 0.29) is 17.6 Å². The fourth-order valence-electron chi connectivity index (χ4n) is 1.64. The summed E-state index contributed by atoms with van der Waals surface area (Å²) in [6, 6.07) is 13.8. The average molecular weight is 293 g/mol. The fraction of sp³-hybridized carbons (Fsp3) is 0.0769. The first-order valence-electron chi connectivity index (χ1n) is 5.76. The molecule has 2 rings (SSSR count). The van der Waals surface area contributed by atoms with Gasteiger partial charge in [-0.15, -0.1) is 0 Å². The summed E-state index contributed by atoms with van der Waals surface area (Å²) in [5, 5.41) is 10.5. The van der Waals surface area contributed by atoms with E-state index in [1.165, 1.54) is 24.3 Å².